The van der Waals surface area contributed by atoms with Gasteiger partial charge in [0.15, 0.2) is 0 Å². The van der Waals surface area contributed by atoms with Crippen LogP contribution in [-0.4, -0.2) is 40.1 Å². The summed E-state index contributed by atoms with van der Waals surface area (Å²) in [7, 11) is 0. The highest BCUT2D eigenvalue weighted by molar-refractivity contribution is 7.99. The van der Waals surface area contributed by atoms with Gasteiger partial charge in [-0.05, 0) is 55.8 Å². The molecule has 0 aliphatic heterocycles. The molecule has 3 aromatic rings. The molecule has 0 aliphatic rings. The van der Waals surface area contributed by atoms with Gasteiger partial charge in [0.1, 0.15) is 6.54 Å². The molecule has 0 unspecified atom stereocenters. The SMILES string of the molecule is CCN(CC)C(=O)Cn1ccc2cc(NC(=O)CSCc3ccc(C#N)cc3)ccc21. The maximum absolute atomic E-state index is 12.4. The van der Waals surface area contributed by atoms with Gasteiger partial charge in [-0.15, -0.1) is 11.8 Å². The molecule has 0 aliphatic carbocycles. The van der Waals surface area contributed by atoms with E-state index in [0.717, 1.165) is 22.2 Å². The number of anilines is 1. The molecule has 6 nitrogen and oxygen atoms in total. The molecule has 1 aromatic heterocycles. The molecule has 0 saturated carbocycles. The Morgan fingerprint density at radius 1 is 1.10 bits per heavy atom. The standard InChI is InChI=1S/C24H26N4O2S/c1-3-27(4-2)24(30)15-28-12-11-20-13-21(9-10-22(20)28)26-23(29)17-31-16-19-7-5-18(14-25)6-8-19/h5-13H,3-4,15-17H2,1-2H3,(H,26,29). The first-order valence-electron chi connectivity index (χ1n) is 10.3. The normalized spacial score (nSPS) is 10.6. The molecule has 0 atom stereocenters. The van der Waals surface area contributed by atoms with E-state index in [4.69, 9.17) is 5.26 Å². The second-order valence-corrected chi connectivity index (χ2v) is 8.12. The largest absolute Gasteiger partial charge is 0.342 e. The number of likely N-dealkylation sites (N-methyl/N-ethyl adjacent to an activating group) is 1. The Labute approximate surface area is 186 Å². The van der Waals surface area contributed by atoms with Gasteiger partial charge in [-0.25, -0.2) is 0 Å². The lowest BCUT2D eigenvalue weighted by Crippen LogP contribution is -2.33. The van der Waals surface area contributed by atoms with Gasteiger partial charge in [0.2, 0.25) is 11.8 Å². The Hall–Kier alpha value is -3.24. The van der Waals surface area contributed by atoms with Crippen molar-refractivity contribution in [3.8, 4) is 6.07 Å². The minimum absolute atomic E-state index is 0.0610. The molecule has 0 saturated heterocycles. The predicted octanol–water partition coefficient (Wildman–Crippen LogP) is 4.25. The van der Waals surface area contributed by atoms with Crippen molar-refractivity contribution in [2.24, 2.45) is 0 Å². The van der Waals surface area contributed by atoms with Crippen LogP contribution in [0.2, 0.25) is 0 Å². The summed E-state index contributed by atoms with van der Waals surface area (Å²) in [6.07, 6.45) is 1.91. The number of fused-ring (bicyclic) bond motifs is 1. The summed E-state index contributed by atoms with van der Waals surface area (Å²) in [5.41, 5.74) is 3.42. The topological polar surface area (TPSA) is 78.1 Å². The fourth-order valence-electron chi connectivity index (χ4n) is 3.37. The van der Waals surface area contributed by atoms with Gasteiger partial charge in [0.05, 0.1) is 17.4 Å². The molecule has 160 valence electrons. The average Bonchev–Trinajstić information content (AvgIpc) is 3.17. The van der Waals surface area contributed by atoms with Gasteiger partial charge < -0.3 is 14.8 Å². The lowest BCUT2D eigenvalue weighted by atomic mass is 10.2. The fourth-order valence-corrected chi connectivity index (χ4v) is 4.16. The number of nitrogens with one attached hydrogen (secondary N) is 1. The molecular weight excluding hydrogens is 408 g/mol. The van der Waals surface area contributed by atoms with E-state index in [1.54, 1.807) is 12.1 Å². The molecule has 0 fully saturated rings. The highest BCUT2D eigenvalue weighted by Gasteiger charge is 2.12. The summed E-state index contributed by atoms with van der Waals surface area (Å²) in [6, 6.07) is 17.2. The van der Waals surface area contributed by atoms with E-state index in [-0.39, 0.29) is 11.8 Å². The Morgan fingerprint density at radius 2 is 1.84 bits per heavy atom. The van der Waals surface area contributed by atoms with Crippen LogP contribution in [-0.2, 0) is 21.9 Å². The predicted molar refractivity (Wildman–Crippen MR) is 126 cm³/mol. The molecule has 1 N–H and O–H groups in total. The number of aromatic nitrogens is 1. The molecule has 2 amide bonds. The van der Waals surface area contributed by atoms with Crippen molar-refractivity contribution in [1.29, 1.82) is 5.26 Å². The lowest BCUT2D eigenvalue weighted by molar-refractivity contribution is -0.131. The number of nitriles is 1. The van der Waals surface area contributed by atoms with Gasteiger partial charge >= 0.3 is 0 Å². The van der Waals surface area contributed by atoms with E-state index in [2.05, 4.69) is 11.4 Å². The summed E-state index contributed by atoms with van der Waals surface area (Å²) in [4.78, 5) is 26.5. The number of carbonyl (C=O) groups is 2. The van der Waals surface area contributed by atoms with Crippen molar-refractivity contribution in [3.63, 3.8) is 0 Å². The number of amides is 2. The van der Waals surface area contributed by atoms with Crippen LogP contribution in [0.3, 0.4) is 0 Å². The number of hydrogen-bond acceptors (Lipinski definition) is 4. The minimum Gasteiger partial charge on any atom is -0.342 e. The smallest absolute Gasteiger partial charge is 0.242 e. The number of carbonyl (C=O) groups excluding carboxylic acids is 2. The lowest BCUT2D eigenvalue weighted by Gasteiger charge is -2.19. The van der Waals surface area contributed by atoms with E-state index < -0.39 is 0 Å². The Morgan fingerprint density at radius 3 is 2.52 bits per heavy atom. The number of nitrogens with zero attached hydrogens (tertiary/aromatic N) is 3. The maximum atomic E-state index is 12.4. The second-order valence-electron chi connectivity index (χ2n) is 7.13. The van der Waals surface area contributed by atoms with E-state index in [9.17, 15) is 9.59 Å². The first-order chi connectivity index (χ1) is 15.0. The molecule has 2 aromatic carbocycles. The first-order valence-corrected chi connectivity index (χ1v) is 11.4. The van der Waals surface area contributed by atoms with Crippen LogP contribution in [0.15, 0.2) is 54.7 Å². The van der Waals surface area contributed by atoms with Crippen molar-refractivity contribution >= 4 is 40.2 Å². The molecule has 31 heavy (non-hydrogen) atoms. The molecule has 7 heteroatoms. The highest BCUT2D eigenvalue weighted by Crippen LogP contribution is 2.21. The monoisotopic (exact) mass is 434 g/mol. The third-order valence-electron chi connectivity index (χ3n) is 5.06. The summed E-state index contributed by atoms with van der Waals surface area (Å²) in [5, 5.41) is 12.8. The zero-order valence-electron chi connectivity index (χ0n) is 17.8. The summed E-state index contributed by atoms with van der Waals surface area (Å²) < 4.78 is 1.94. The van der Waals surface area contributed by atoms with Crippen LogP contribution in [0.5, 0.6) is 0 Å². The maximum Gasteiger partial charge on any atom is 0.242 e. The van der Waals surface area contributed by atoms with E-state index >= 15 is 0 Å². The van der Waals surface area contributed by atoms with Crippen LogP contribution >= 0.6 is 11.8 Å². The van der Waals surface area contributed by atoms with Crippen LogP contribution in [0, 0.1) is 11.3 Å². The van der Waals surface area contributed by atoms with Crippen molar-refractivity contribution in [3.05, 3.63) is 65.9 Å². The molecular formula is C24H26N4O2S. The number of benzene rings is 2. The summed E-state index contributed by atoms with van der Waals surface area (Å²) in [5.74, 6) is 1.09. The van der Waals surface area contributed by atoms with Crippen LogP contribution in [0.4, 0.5) is 5.69 Å². The van der Waals surface area contributed by atoms with Gasteiger partial charge in [-0.3, -0.25) is 9.59 Å². The zero-order valence-corrected chi connectivity index (χ0v) is 18.6. The van der Waals surface area contributed by atoms with E-state index in [0.29, 0.717) is 36.7 Å². The number of hydrogen-bond donors (Lipinski definition) is 1. The molecule has 3 rings (SSSR count). The van der Waals surface area contributed by atoms with Gasteiger partial charge in [-0.1, -0.05) is 12.1 Å². The quantitative estimate of drug-likeness (QED) is 0.546. The van der Waals surface area contributed by atoms with Crippen molar-refractivity contribution in [1.82, 2.24) is 9.47 Å². The Balaban J connectivity index is 1.55. The zero-order chi connectivity index (χ0) is 22.2. The molecule has 0 radical (unpaired) electrons. The molecule has 0 bridgehead atoms. The molecule has 0 spiro atoms. The van der Waals surface area contributed by atoms with Gasteiger partial charge in [-0.2, -0.15) is 5.26 Å². The Kier molecular flexibility index (Phi) is 7.74. The minimum atomic E-state index is -0.0610. The van der Waals surface area contributed by atoms with E-state index in [1.807, 2.05) is 65.9 Å². The summed E-state index contributed by atoms with van der Waals surface area (Å²) in [6.45, 7) is 5.67. The van der Waals surface area contributed by atoms with Crippen LogP contribution in [0.25, 0.3) is 10.9 Å². The van der Waals surface area contributed by atoms with Crippen molar-refractivity contribution < 1.29 is 9.59 Å². The van der Waals surface area contributed by atoms with Gasteiger partial charge in [0.25, 0.3) is 0 Å². The Bertz CT molecular complexity index is 1090. The summed E-state index contributed by atoms with van der Waals surface area (Å²) >= 11 is 1.53. The average molecular weight is 435 g/mol. The highest BCUT2D eigenvalue weighted by atomic mass is 32.2. The number of rotatable bonds is 9. The van der Waals surface area contributed by atoms with E-state index in [1.165, 1.54) is 11.8 Å². The fraction of sp³-hybridized carbons (Fsp3) is 0.292. The molecule has 1 heterocycles. The van der Waals surface area contributed by atoms with Crippen molar-refractivity contribution in [2.75, 3.05) is 24.2 Å². The van der Waals surface area contributed by atoms with Crippen LogP contribution < -0.4 is 5.32 Å². The van der Waals surface area contributed by atoms with Crippen molar-refractivity contribution in [2.45, 2.75) is 26.1 Å². The third kappa shape index (κ3) is 5.89. The second kappa shape index (κ2) is 10.7. The third-order valence-corrected chi connectivity index (χ3v) is 6.07. The first kappa shape index (κ1) is 22.4. The van der Waals surface area contributed by atoms with Crippen LogP contribution in [0.1, 0.15) is 25.0 Å². The number of thioether (sulfide) groups is 1. The van der Waals surface area contributed by atoms with Gasteiger partial charge in [0, 0.05) is 41.6 Å².